The second-order valence-corrected chi connectivity index (χ2v) is 4.57. The molecule has 1 aromatic carbocycles. The van der Waals surface area contributed by atoms with Crippen LogP contribution in [0.3, 0.4) is 0 Å². The molecular weight excluding hydrogens is 270 g/mol. The van der Waals surface area contributed by atoms with E-state index in [-0.39, 0.29) is 6.10 Å². The molecule has 1 unspecified atom stereocenters. The second kappa shape index (κ2) is 5.94. The minimum atomic E-state index is -0.124. The van der Waals surface area contributed by atoms with Crippen molar-refractivity contribution < 1.29 is 9.26 Å². The van der Waals surface area contributed by atoms with Gasteiger partial charge in [-0.15, -0.1) is 0 Å². The third-order valence-corrected chi connectivity index (χ3v) is 3.19. The molecule has 0 fully saturated rings. The van der Waals surface area contributed by atoms with Crippen LogP contribution in [0.1, 0.15) is 5.89 Å². The average molecular weight is 285 g/mol. The Labute approximate surface area is 121 Å². The lowest BCUT2D eigenvalue weighted by atomic mass is 10.2. The Bertz CT molecular complexity index is 739. The number of hydrogen-bond donors (Lipinski definition) is 1. The summed E-state index contributed by atoms with van der Waals surface area (Å²) in [6.07, 6.45) is 3.68. The number of rotatable bonds is 5. The van der Waals surface area contributed by atoms with Gasteiger partial charge in [-0.25, -0.2) is 0 Å². The summed E-state index contributed by atoms with van der Waals surface area (Å²) >= 11 is 0. The normalized spacial score (nSPS) is 12.7. The molecule has 2 aromatic heterocycles. The maximum Gasteiger partial charge on any atom is 0.229 e. The van der Waals surface area contributed by atoms with Crippen LogP contribution in [0.2, 0.25) is 0 Å². The first-order valence-corrected chi connectivity index (χ1v) is 6.56. The molecule has 0 radical (unpaired) electrons. The van der Waals surface area contributed by atoms with E-state index < -0.39 is 0 Å². The predicted molar refractivity (Wildman–Crippen MR) is 76.4 cm³/mol. The molecule has 7 heteroatoms. The molecule has 0 aliphatic rings. The number of hydrogen-bond acceptors (Lipinski definition) is 7. The molecule has 2 N–H and O–H groups in total. The summed E-state index contributed by atoms with van der Waals surface area (Å²) in [5.41, 5.74) is 8.03. The van der Waals surface area contributed by atoms with Crippen LogP contribution in [0.15, 0.2) is 35.1 Å². The molecule has 7 nitrogen and oxygen atoms in total. The zero-order valence-corrected chi connectivity index (χ0v) is 11.6. The molecule has 2 heterocycles. The van der Waals surface area contributed by atoms with Gasteiger partial charge in [0.25, 0.3) is 0 Å². The monoisotopic (exact) mass is 285 g/mol. The van der Waals surface area contributed by atoms with Gasteiger partial charge in [0.05, 0.1) is 23.6 Å². The summed E-state index contributed by atoms with van der Waals surface area (Å²) in [4.78, 5) is 12.9. The van der Waals surface area contributed by atoms with Crippen molar-refractivity contribution in [2.24, 2.45) is 5.73 Å². The minimum Gasteiger partial charge on any atom is -0.380 e. The van der Waals surface area contributed by atoms with Gasteiger partial charge < -0.3 is 15.0 Å². The van der Waals surface area contributed by atoms with Gasteiger partial charge in [0, 0.05) is 31.6 Å². The van der Waals surface area contributed by atoms with Gasteiger partial charge in [0.15, 0.2) is 0 Å². The van der Waals surface area contributed by atoms with E-state index in [9.17, 15) is 0 Å². The van der Waals surface area contributed by atoms with Gasteiger partial charge in [0.1, 0.15) is 0 Å². The molecule has 3 aromatic rings. The fourth-order valence-electron chi connectivity index (χ4n) is 2.02. The van der Waals surface area contributed by atoms with Crippen molar-refractivity contribution in [2.45, 2.75) is 12.5 Å². The Kier molecular flexibility index (Phi) is 3.85. The van der Waals surface area contributed by atoms with Crippen molar-refractivity contribution >= 4 is 11.0 Å². The largest absolute Gasteiger partial charge is 0.380 e. The lowest BCUT2D eigenvalue weighted by Crippen LogP contribution is -2.24. The maximum absolute atomic E-state index is 5.58. The Hall–Kier alpha value is -2.38. The molecular formula is C14H15N5O2. The van der Waals surface area contributed by atoms with Crippen LogP contribution < -0.4 is 5.73 Å². The molecule has 3 rings (SSSR count). The number of benzene rings is 1. The van der Waals surface area contributed by atoms with Crippen LogP contribution >= 0.6 is 0 Å². The summed E-state index contributed by atoms with van der Waals surface area (Å²) in [7, 11) is 1.61. The standard InChI is InChI=1S/C14H15N5O2/c1-20-10(8-15)7-13-18-14(19-21-13)9-2-3-11-12(6-9)17-5-4-16-11/h2-6,10H,7-8,15H2,1H3. The second-order valence-electron chi connectivity index (χ2n) is 4.57. The molecule has 0 saturated carbocycles. The van der Waals surface area contributed by atoms with Crippen LogP contribution in [0.5, 0.6) is 0 Å². The first-order chi connectivity index (χ1) is 10.3. The van der Waals surface area contributed by atoms with E-state index in [4.69, 9.17) is 15.0 Å². The molecule has 0 aliphatic heterocycles. The third-order valence-electron chi connectivity index (χ3n) is 3.19. The summed E-state index contributed by atoms with van der Waals surface area (Å²) in [5.74, 6) is 1.02. The lowest BCUT2D eigenvalue weighted by Gasteiger charge is -2.08. The highest BCUT2D eigenvalue weighted by molar-refractivity contribution is 5.79. The van der Waals surface area contributed by atoms with E-state index in [0.29, 0.717) is 24.7 Å². The molecule has 0 amide bonds. The van der Waals surface area contributed by atoms with Gasteiger partial charge >= 0.3 is 0 Å². The Morgan fingerprint density at radius 3 is 2.81 bits per heavy atom. The zero-order chi connectivity index (χ0) is 14.7. The molecule has 0 bridgehead atoms. The fourth-order valence-corrected chi connectivity index (χ4v) is 2.02. The van der Waals surface area contributed by atoms with Crippen LogP contribution in [0, 0.1) is 0 Å². The minimum absolute atomic E-state index is 0.124. The van der Waals surface area contributed by atoms with Crippen molar-refractivity contribution in [2.75, 3.05) is 13.7 Å². The molecule has 0 spiro atoms. The molecule has 0 saturated heterocycles. The SMILES string of the molecule is COC(CN)Cc1nc(-c2ccc3nccnc3c2)no1. The molecule has 21 heavy (non-hydrogen) atoms. The first-order valence-electron chi connectivity index (χ1n) is 6.56. The topological polar surface area (TPSA) is 100.0 Å². The zero-order valence-electron chi connectivity index (χ0n) is 11.6. The summed E-state index contributed by atoms with van der Waals surface area (Å²) < 4.78 is 10.4. The number of nitrogens with two attached hydrogens (primary N) is 1. The summed E-state index contributed by atoms with van der Waals surface area (Å²) in [6, 6.07) is 5.65. The highest BCUT2D eigenvalue weighted by atomic mass is 16.5. The highest BCUT2D eigenvalue weighted by Gasteiger charge is 2.14. The lowest BCUT2D eigenvalue weighted by molar-refractivity contribution is 0.102. The third kappa shape index (κ3) is 2.88. The Morgan fingerprint density at radius 1 is 1.24 bits per heavy atom. The van der Waals surface area contributed by atoms with Crippen LogP contribution in [-0.4, -0.2) is 39.9 Å². The van der Waals surface area contributed by atoms with E-state index in [0.717, 1.165) is 16.6 Å². The van der Waals surface area contributed by atoms with Gasteiger partial charge in [-0.3, -0.25) is 9.97 Å². The molecule has 108 valence electrons. The predicted octanol–water partition coefficient (Wildman–Crippen LogP) is 1.20. The van der Waals surface area contributed by atoms with Gasteiger partial charge in [-0.2, -0.15) is 4.98 Å². The molecule has 0 aliphatic carbocycles. The van der Waals surface area contributed by atoms with E-state index in [1.165, 1.54) is 0 Å². The molecule has 1 atom stereocenters. The van der Waals surface area contributed by atoms with E-state index in [1.54, 1.807) is 19.5 Å². The number of ether oxygens (including phenoxy) is 1. The summed E-state index contributed by atoms with van der Waals surface area (Å²) in [6.45, 7) is 0.403. The van der Waals surface area contributed by atoms with Crippen LogP contribution in [-0.2, 0) is 11.2 Å². The van der Waals surface area contributed by atoms with Gasteiger partial charge in [-0.1, -0.05) is 5.16 Å². The Morgan fingerprint density at radius 2 is 2.05 bits per heavy atom. The Balaban J connectivity index is 1.87. The van der Waals surface area contributed by atoms with Crippen molar-refractivity contribution in [3.63, 3.8) is 0 Å². The quantitative estimate of drug-likeness (QED) is 0.751. The van der Waals surface area contributed by atoms with Gasteiger partial charge in [-0.05, 0) is 18.2 Å². The van der Waals surface area contributed by atoms with Crippen molar-refractivity contribution in [1.29, 1.82) is 0 Å². The summed E-state index contributed by atoms with van der Waals surface area (Å²) in [5, 5.41) is 3.98. The van der Waals surface area contributed by atoms with E-state index >= 15 is 0 Å². The first kappa shape index (κ1) is 13.6. The van der Waals surface area contributed by atoms with Crippen molar-refractivity contribution in [3.8, 4) is 11.4 Å². The highest BCUT2D eigenvalue weighted by Crippen LogP contribution is 2.20. The van der Waals surface area contributed by atoms with Crippen LogP contribution in [0.4, 0.5) is 0 Å². The van der Waals surface area contributed by atoms with E-state index in [1.807, 2.05) is 18.2 Å². The number of aromatic nitrogens is 4. The smallest absolute Gasteiger partial charge is 0.229 e. The van der Waals surface area contributed by atoms with E-state index in [2.05, 4.69) is 20.1 Å². The van der Waals surface area contributed by atoms with Crippen molar-refractivity contribution in [1.82, 2.24) is 20.1 Å². The van der Waals surface area contributed by atoms with Crippen LogP contribution in [0.25, 0.3) is 22.4 Å². The number of fused-ring (bicyclic) bond motifs is 1. The number of nitrogens with zero attached hydrogens (tertiary/aromatic N) is 4. The number of methoxy groups -OCH3 is 1. The van der Waals surface area contributed by atoms with Crippen molar-refractivity contribution in [3.05, 3.63) is 36.5 Å². The average Bonchev–Trinajstić information content (AvgIpc) is 3.00. The van der Waals surface area contributed by atoms with Gasteiger partial charge in [0.2, 0.25) is 11.7 Å². The fraction of sp³-hybridized carbons (Fsp3) is 0.286. The maximum atomic E-state index is 5.58.